The summed E-state index contributed by atoms with van der Waals surface area (Å²) >= 11 is 0. The quantitative estimate of drug-likeness (QED) is 0.445. The molecule has 2 amide bonds. The van der Waals surface area contributed by atoms with Gasteiger partial charge in [0.25, 0.3) is 5.92 Å². The van der Waals surface area contributed by atoms with Crippen molar-refractivity contribution in [1.29, 1.82) is 0 Å². The van der Waals surface area contributed by atoms with Crippen LogP contribution in [-0.2, 0) is 20.7 Å². The maximum absolute atomic E-state index is 14.5. The fraction of sp³-hybridized carbons (Fsp3) is 0.676. The largest absolute Gasteiger partial charge is 0.497 e. The molecule has 12 heteroatoms. The highest BCUT2D eigenvalue weighted by molar-refractivity contribution is 5.89. The number of halogens is 2. The molecule has 0 spiro atoms. The molecule has 46 heavy (non-hydrogen) atoms. The van der Waals surface area contributed by atoms with E-state index >= 15 is 0 Å². The van der Waals surface area contributed by atoms with Crippen molar-refractivity contribution in [3.8, 4) is 11.6 Å². The lowest BCUT2D eigenvalue weighted by molar-refractivity contribution is -0.139. The van der Waals surface area contributed by atoms with Crippen LogP contribution in [0.15, 0.2) is 18.2 Å². The van der Waals surface area contributed by atoms with Gasteiger partial charge in [-0.3, -0.25) is 4.79 Å². The molecule has 6 rings (SSSR count). The van der Waals surface area contributed by atoms with Gasteiger partial charge in [-0.05, 0) is 49.7 Å². The molecule has 0 radical (unpaired) electrons. The normalized spacial score (nSPS) is 33.0. The first-order valence-corrected chi connectivity index (χ1v) is 16.5. The average molecular weight is 643 g/mol. The zero-order chi connectivity index (χ0) is 33.0. The predicted molar refractivity (Wildman–Crippen MR) is 165 cm³/mol. The highest BCUT2D eigenvalue weighted by Gasteiger charge is 2.76. The third kappa shape index (κ3) is 5.88. The number of alkyl carbamates (subject to hydrolysis) is 1. The molecule has 2 bridgehead atoms. The van der Waals surface area contributed by atoms with Gasteiger partial charge in [-0.15, -0.1) is 0 Å². The number of hydrogen-bond acceptors (Lipinski definition) is 8. The molecule has 8 atom stereocenters. The van der Waals surface area contributed by atoms with Crippen LogP contribution < -0.4 is 14.8 Å². The minimum absolute atomic E-state index is 0.112. The molecule has 10 nitrogen and oxygen atoms in total. The second-order valence-electron chi connectivity index (χ2n) is 14.4. The van der Waals surface area contributed by atoms with Gasteiger partial charge in [0, 0.05) is 29.7 Å². The van der Waals surface area contributed by atoms with E-state index < -0.39 is 65.4 Å². The van der Waals surface area contributed by atoms with E-state index in [2.05, 4.69) is 5.32 Å². The highest BCUT2D eigenvalue weighted by Crippen LogP contribution is 2.68. The van der Waals surface area contributed by atoms with Gasteiger partial charge in [-0.2, -0.15) is 0 Å². The van der Waals surface area contributed by atoms with Gasteiger partial charge in [0.05, 0.1) is 30.7 Å². The number of nitrogens with zero attached hydrogens (tertiary/aromatic N) is 3. The summed E-state index contributed by atoms with van der Waals surface area (Å²) in [6.07, 6.45) is 2.71. The Morgan fingerprint density at radius 2 is 1.89 bits per heavy atom. The van der Waals surface area contributed by atoms with Crippen molar-refractivity contribution >= 4 is 29.3 Å². The smallest absolute Gasteiger partial charge is 0.408 e. The van der Waals surface area contributed by atoms with Gasteiger partial charge in [0.2, 0.25) is 11.8 Å². The molecule has 1 aromatic carbocycles. The molecule has 2 aliphatic heterocycles. The summed E-state index contributed by atoms with van der Waals surface area (Å²) in [5.41, 5.74) is 1.19. The molecule has 1 N–H and O–H groups in total. The van der Waals surface area contributed by atoms with E-state index in [1.165, 1.54) is 4.90 Å². The number of rotatable bonds is 3. The van der Waals surface area contributed by atoms with Gasteiger partial charge in [0.1, 0.15) is 36.0 Å². The number of methoxy groups -OCH3 is 1. The number of aromatic nitrogens is 2. The van der Waals surface area contributed by atoms with Crippen LogP contribution in [0.1, 0.15) is 71.9 Å². The summed E-state index contributed by atoms with van der Waals surface area (Å²) in [6.45, 7) is 7.52. The van der Waals surface area contributed by atoms with E-state index in [-0.39, 0.29) is 18.9 Å². The molecule has 250 valence electrons. The maximum atomic E-state index is 14.5. The van der Waals surface area contributed by atoms with E-state index in [1.807, 2.05) is 39.8 Å². The Morgan fingerprint density at radius 1 is 1.11 bits per heavy atom. The Labute approximate surface area is 267 Å². The van der Waals surface area contributed by atoms with Crippen molar-refractivity contribution in [2.75, 3.05) is 13.7 Å². The highest BCUT2D eigenvalue weighted by atomic mass is 19.3. The van der Waals surface area contributed by atoms with Gasteiger partial charge < -0.3 is 29.2 Å². The zero-order valence-electron chi connectivity index (χ0n) is 27.1. The van der Waals surface area contributed by atoms with Crippen LogP contribution >= 0.6 is 0 Å². The number of hydrogen-bond donors (Lipinski definition) is 1. The molecule has 2 saturated carbocycles. The van der Waals surface area contributed by atoms with E-state index in [1.54, 1.807) is 13.2 Å². The Morgan fingerprint density at radius 3 is 2.59 bits per heavy atom. The number of fused-ring (bicyclic) bond motifs is 7. The number of carbonyl (C=O) groups excluding carboxylic acids is 3. The number of ether oxygens (including phenoxy) is 3. The zero-order valence-corrected chi connectivity index (χ0v) is 27.1. The Balaban J connectivity index is 1.36. The molecular weight excluding hydrogens is 598 g/mol. The van der Waals surface area contributed by atoms with Crippen LogP contribution in [0.3, 0.4) is 0 Å². The van der Waals surface area contributed by atoms with E-state index in [0.29, 0.717) is 54.0 Å². The summed E-state index contributed by atoms with van der Waals surface area (Å²) in [7, 11) is 1.58. The van der Waals surface area contributed by atoms with Crippen LogP contribution in [0.25, 0.3) is 11.0 Å². The number of benzene rings is 1. The first kappa shape index (κ1) is 32.4. The number of amides is 2. The molecular formula is C34H44F2N4O6. The molecule has 2 aromatic rings. The molecule has 1 aromatic heterocycles. The molecule has 2 aliphatic carbocycles. The van der Waals surface area contributed by atoms with Crippen LogP contribution in [-0.4, -0.2) is 77.0 Å². The van der Waals surface area contributed by atoms with E-state index in [9.17, 15) is 23.2 Å². The Bertz CT molecular complexity index is 1500. The van der Waals surface area contributed by atoms with Crippen molar-refractivity contribution in [1.82, 2.24) is 20.2 Å². The molecule has 1 saturated heterocycles. The van der Waals surface area contributed by atoms with Gasteiger partial charge >= 0.3 is 6.09 Å². The number of aldehydes is 1. The van der Waals surface area contributed by atoms with Crippen molar-refractivity contribution in [2.24, 2.45) is 29.1 Å². The minimum atomic E-state index is -2.73. The minimum Gasteiger partial charge on any atom is -0.497 e. The third-order valence-corrected chi connectivity index (χ3v) is 10.5. The van der Waals surface area contributed by atoms with Crippen LogP contribution in [0.2, 0.25) is 0 Å². The van der Waals surface area contributed by atoms with E-state index in [0.717, 1.165) is 19.1 Å². The van der Waals surface area contributed by atoms with Crippen LogP contribution in [0, 0.1) is 29.1 Å². The lowest BCUT2D eigenvalue weighted by atomic mass is 9.85. The monoisotopic (exact) mass is 642 g/mol. The summed E-state index contributed by atoms with van der Waals surface area (Å²) in [6, 6.07) is 3.63. The van der Waals surface area contributed by atoms with Crippen LogP contribution in [0.5, 0.6) is 11.6 Å². The van der Waals surface area contributed by atoms with Gasteiger partial charge in [-0.25, -0.2) is 23.5 Å². The SMILES string of the molecule is CC[C@@H]1[C@@H]2CN(C(=O)[C@H](C(C)(C)C)NC(=O)O[C@@H]3CC4C([C@H]3CCCCCc3nc5ccc(OC)cc5nc3O2)C4(F)F)[C@@H]1C=O. The molecule has 4 aliphatic rings. The van der Waals surface area contributed by atoms with Gasteiger partial charge in [-0.1, -0.05) is 40.5 Å². The first-order valence-electron chi connectivity index (χ1n) is 16.5. The summed E-state index contributed by atoms with van der Waals surface area (Å²) in [5.74, 6) is -4.54. The van der Waals surface area contributed by atoms with Crippen molar-refractivity contribution < 1.29 is 37.4 Å². The Hall–Kier alpha value is -3.57. The molecule has 3 heterocycles. The number of alkyl halides is 2. The summed E-state index contributed by atoms with van der Waals surface area (Å²) in [5, 5.41) is 2.75. The number of nitrogens with one attached hydrogen (secondary N) is 1. The van der Waals surface area contributed by atoms with E-state index in [4.69, 9.17) is 24.2 Å². The summed E-state index contributed by atoms with van der Waals surface area (Å²) < 4.78 is 46.8. The van der Waals surface area contributed by atoms with Crippen LogP contribution in [0.4, 0.5) is 13.6 Å². The fourth-order valence-electron chi connectivity index (χ4n) is 7.94. The number of aryl methyl sites for hydroxylation is 1. The predicted octanol–water partition coefficient (Wildman–Crippen LogP) is 5.35. The molecule has 3 fully saturated rings. The standard InChI is InChI=1S/C34H44F2N4O6/c1-6-19-25(17-41)40-16-27(19)45-30-23(37-22-13-12-18(44-5)14-24(22)38-30)11-9-7-8-10-20-26(15-21-28(20)34(21,35)36)46-32(43)39-29(31(40)42)33(2,3)4/h12-14,17,19-21,25-29H,6-11,15-16H2,1-5H3,(H,39,43)/t19-,20-,21?,25+,26+,27-,28?,29+/m0/s1. The third-order valence-electron chi connectivity index (χ3n) is 10.5. The average Bonchev–Trinajstić information content (AvgIpc) is 3.28. The second kappa shape index (κ2) is 12.2. The van der Waals surface area contributed by atoms with Crippen molar-refractivity contribution in [3.05, 3.63) is 23.9 Å². The molecule has 2 unspecified atom stereocenters. The Kier molecular flexibility index (Phi) is 8.60. The number of carbonyl (C=O) groups is 3. The van der Waals surface area contributed by atoms with Crippen molar-refractivity contribution in [2.45, 2.75) is 103 Å². The first-order chi connectivity index (χ1) is 21.9. The summed E-state index contributed by atoms with van der Waals surface area (Å²) in [4.78, 5) is 51.2. The lowest BCUT2D eigenvalue weighted by Crippen LogP contribution is -2.56. The second-order valence-corrected chi connectivity index (χ2v) is 14.4. The van der Waals surface area contributed by atoms with Gasteiger partial charge in [0.15, 0.2) is 0 Å². The fourth-order valence-corrected chi connectivity index (χ4v) is 7.94. The lowest BCUT2D eigenvalue weighted by Gasteiger charge is -2.35. The topological polar surface area (TPSA) is 120 Å². The van der Waals surface area contributed by atoms with Crippen molar-refractivity contribution in [3.63, 3.8) is 0 Å². The maximum Gasteiger partial charge on any atom is 0.408 e.